The maximum Gasteiger partial charge on any atom is 0.335 e. The van der Waals surface area contributed by atoms with Gasteiger partial charge in [-0.15, -0.1) is 0 Å². The minimum Gasteiger partial charge on any atom is -0.478 e. The zero-order valence-corrected chi connectivity index (χ0v) is 13.2. The molecule has 0 amide bonds. The second kappa shape index (κ2) is 6.15. The van der Waals surface area contributed by atoms with Gasteiger partial charge in [0.25, 0.3) is 0 Å². The first-order valence-electron chi connectivity index (χ1n) is 7.20. The van der Waals surface area contributed by atoms with E-state index in [4.69, 9.17) is 5.11 Å². The SMILES string of the molecule is CCN(CC1CCC1)S(=O)(=O)c1ccc(C)c(C(=O)O)c1. The summed E-state index contributed by atoms with van der Waals surface area (Å²) in [6.45, 7) is 4.39. The summed E-state index contributed by atoms with van der Waals surface area (Å²) >= 11 is 0. The maximum atomic E-state index is 12.7. The van der Waals surface area contributed by atoms with Crippen molar-refractivity contribution in [2.24, 2.45) is 5.92 Å². The quantitative estimate of drug-likeness (QED) is 0.876. The summed E-state index contributed by atoms with van der Waals surface area (Å²) < 4.78 is 26.8. The Bertz CT molecular complexity index is 635. The summed E-state index contributed by atoms with van der Waals surface area (Å²) in [6.07, 6.45) is 3.30. The van der Waals surface area contributed by atoms with Crippen LogP contribution in [-0.2, 0) is 10.0 Å². The van der Waals surface area contributed by atoms with Gasteiger partial charge in [0, 0.05) is 13.1 Å². The van der Waals surface area contributed by atoms with Gasteiger partial charge in [-0.1, -0.05) is 19.4 Å². The number of sulfonamides is 1. The molecule has 1 fully saturated rings. The number of carbonyl (C=O) groups is 1. The van der Waals surface area contributed by atoms with Crippen LogP contribution < -0.4 is 0 Å². The fourth-order valence-corrected chi connectivity index (χ4v) is 4.05. The summed E-state index contributed by atoms with van der Waals surface area (Å²) in [7, 11) is -3.63. The molecule has 0 heterocycles. The molecule has 0 aromatic heterocycles. The van der Waals surface area contributed by atoms with Crippen LogP contribution >= 0.6 is 0 Å². The van der Waals surface area contributed by atoms with Crippen molar-refractivity contribution in [3.8, 4) is 0 Å². The van der Waals surface area contributed by atoms with Crippen LogP contribution in [0.1, 0.15) is 42.1 Å². The van der Waals surface area contributed by atoms with Crippen molar-refractivity contribution in [2.75, 3.05) is 13.1 Å². The molecule has 1 aromatic carbocycles. The molecule has 0 unspecified atom stereocenters. The maximum absolute atomic E-state index is 12.7. The van der Waals surface area contributed by atoms with E-state index < -0.39 is 16.0 Å². The highest BCUT2D eigenvalue weighted by molar-refractivity contribution is 7.89. The highest BCUT2D eigenvalue weighted by atomic mass is 32.2. The van der Waals surface area contributed by atoms with Gasteiger partial charge >= 0.3 is 5.97 Å². The first kappa shape index (κ1) is 16.0. The molecule has 0 aliphatic heterocycles. The molecule has 0 bridgehead atoms. The third kappa shape index (κ3) is 3.27. The molecule has 0 radical (unpaired) electrons. The van der Waals surface area contributed by atoms with Gasteiger partial charge in [0.15, 0.2) is 0 Å². The van der Waals surface area contributed by atoms with E-state index in [0.29, 0.717) is 24.6 Å². The van der Waals surface area contributed by atoms with Gasteiger partial charge in [-0.25, -0.2) is 13.2 Å². The van der Waals surface area contributed by atoms with Crippen molar-refractivity contribution in [1.82, 2.24) is 4.31 Å². The van der Waals surface area contributed by atoms with E-state index >= 15 is 0 Å². The minimum atomic E-state index is -3.63. The third-order valence-electron chi connectivity index (χ3n) is 4.12. The Morgan fingerprint density at radius 2 is 2.05 bits per heavy atom. The van der Waals surface area contributed by atoms with Gasteiger partial charge in [-0.05, 0) is 43.4 Å². The van der Waals surface area contributed by atoms with Crippen LogP contribution in [0.25, 0.3) is 0 Å². The zero-order chi connectivity index (χ0) is 15.6. The predicted octanol–water partition coefficient (Wildman–Crippen LogP) is 2.50. The van der Waals surface area contributed by atoms with Gasteiger partial charge in [0.2, 0.25) is 10.0 Å². The molecule has 1 aliphatic carbocycles. The lowest BCUT2D eigenvalue weighted by Gasteiger charge is -2.31. The van der Waals surface area contributed by atoms with Crippen LogP contribution in [0.4, 0.5) is 0 Å². The van der Waals surface area contributed by atoms with Crippen molar-refractivity contribution >= 4 is 16.0 Å². The Morgan fingerprint density at radius 3 is 2.52 bits per heavy atom. The molecule has 1 aliphatic rings. The first-order chi connectivity index (χ1) is 9.86. The molecule has 21 heavy (non-hydrogen) atoms. The fraction of sp³-hybridized carbons (Fsp3) is 0.533. The molecular formula is C15H21NO4S. The number of aromatic carboxylic acids is 1. The van der Waals surface area contributed by atoms with Crippen molar-refractivity contribution in [2.45, 2.75) is 38.0 Å². The average Bonchev–Trinajstić information content (AvgIpc) is 2.37. The van der Waals surface area contributed by atoms with E-state index in [1.807, 2.05) is 6.92 Å². The number of carboxylic acid groups (broad SMARTS) is 1. The van der Waals surface area contributed by atoms with Gasteiger partial charge in [-0.3, -0.25) is 0 Å². The van der Waals surface area contributed by atoms with E-state index in [-0.39, 0.29) is 10.5 Å². The number of aryl methyl sites for hydroxylation is 1. The average molecular weight is 311 g/mol. The number of carboxylic acids is 1. The predicted molar refractivity (Wildman–Crippen MR) is 79.9 cm³/mol. The molecule has 1 N–H and O–H groups in total. The highest BCUT2D eigenvalue weighted by Gasteiger charge is 2.29. The molecule has 6 heteroatoms. The molecule has 0 atom stereocenters. The second-order valence-corrected chi connectivity index (χ2v) is 7.47. The van der Waals surface area contributed by atoms with E-state index in [9.17, 15) is 13.2 Å². The van der Waals surface area contributed by atoms with Crippen LogP contribution in [0.3, 0.4) is 0 Å². The second-order valence-electron chi connectivity index (χ2n) is 5.53. The van der Waals surface area contributed by atoms with Crippen molar-refractivity contribution in [1.29, 1.82) is 0 Å². The lowest BCUT2D eigenvalue weighted by molar-refractivity contribution is 0.0696. The normalized spacial score (nSPS) is 16.0. The van der Waals surface area contributed by atoms with Gasteiger partial charge < -0.3 is 5.11 Å². The number of hydrogen-bond acceptors (Lipinski definition) is 3. The van der Waals surface area contributed by atoms with Crippen LogP contribution in [0.15, 0.2) is 23.1 Å². The molecule has 1 aromatic rings. The molecule has 5 nitrogen and oxygen atoms in total. The third-order valence-corrected chi connectivity index (χ3v) is 6.05. The van der Waals surface area contributed by atoms with E-state index in [1.54, 1.807) is 13.0 Å². The molecule has 2 rings (SSSR count). The minimum absolute atomic E-state index is 0.0378. The number of nitrogens with zero attached hydrogens (tertiary/aromatic N) is 1. The van der Waals surface area contributed by atoms with Crippen LogP contribution in [-0.4, -0.2) is 36.9 Å². The lowest BCUT2D eigenvalue weighted by atomic mass is 9.85. The van der Waals surface area contributed by atoms with E-state index in [2.05, 4.69) is 0 Å². The molecular weight excluding hydrogens is 290 g/mol. The number of rotatable bonds is 6. The van der Waals surface area contributed by atoms with E-state index in [0.717, 1.165) is 19.3 Å². The monoisotopic (exact) mass is 311 g/mol. The van der Waals surface area contributed by atoms with Crippen molar-refractivity contribution < 1.29 is 18.3 Å². The number of benzene rings is 1. The standard InChI is InChI=1S/C15H21NO4S/c1-3-16(10-12-5-4-6-12)21(19,20)13-8-7-11(2)14(9-13)15(17)18/h7-9,12H,3-6,10H2,1-2H3,(H,17,18). The van der Waals surface area contributed by atoms with Gasteiger partial charge in [0.05, 0.1) is 10.5 Å². The smallest absolute Gasteiger partial charge is 0.335 e. The Labute approximate surface area is 125 Å². The highest BCUT2D eigenvalue weighted by Crippen LogP contribution is 2.29. The molecule has 0 spiro atoms. The van der Waals surface area contributed by atoms with Crippen molar-refractivity contribution in [3.05, 3.63) is 29.3 Å². The Hall–Kier alpha value is -1.40. The summed E-state index contributed by atoms with van der Waals surface area (Å²) in [5.41, 5.74) is 0.597. The van der Waals surface area contributed by atoms with E-state index in [1.165, 1.54) is 16.4 Å². The summed E-state index contributed by atoms with van der Waals surface area (Å²) in [6, 6.07) is 4.30. The summed E-state index contributed by atoms with van der Waals surface area (Å²) in [5.74, 6) is -0.671. The Kier molecular flexibility index (Phi) is 4.68. The topological polar surface area (TPSA) is 74.7 Å². The van der Waals surface area contributed by atoms with Crippen LogP contribution in [0.5, 0.6) is 0 Å². The van der Waals surface area contributed by atoms with Crippen LogP contribution in [0, 0.1) is 12.8 Å². The summed E-state index contributed by atoms with van der Waals surface area (Å²) in [5, 5.41) is 9.14. The summed E-state index contributed by atoms with van der Waals surface area (Å²) in [4.78, 5) is 11.2. The number of hydrogen-bond donors (Lipinski definition) is 1. The molecule has 0 saturated heterocycles. The largest absolute Gasteiger partial charge is 0.478 e. The molecule has 116 valence electrons. The first-order valence-corrected chi connectivity index (χ1v) is 8.64. The fourth-order valence-electron chi connectivity index (χ4n) is 2.50. The zero-order valence-electron chi connectivity index (χ0n) is 12.4. The van der Waals surface area contributed by atoms with Crippen LogP contribution in [0.2, 0.25) is 0 Å². The van der Waals surface area contributed by atoms with Gasteiger partial charge in [-0.2, -0.15) is 4.31 Å². The van der Waals surface area contributed by atoms with Crippen molar-refractivity contribution in [3.63, 3.8) is 0 Å². The Balaban J connectivity index is 2.32. The Morgan fingerprint density at radius 1 is 1.38 bits per heavy atom. The van der Waals surface area contributed by atoms with Gasteiger partial charge in [0.1, 0.15) is 0 Å². The molecule has 1 saturated carbocycles. The lowest BCUT2D eigenvalue weighted by Crippen LogP contribution is -2.37.